The maximum absolute atomic E-state index is 11.9. The van der Waals surface area contributed by atoms with Crippen LogP contribution in [-0.4, -0.2) is 22.6 Å². The third-order valence-electron chi connectivity index (χ3n) is 2.76. The SMILES string of the molecule is CCNc1ccc(C(=O)NCc2cccc(C#N)c2)nn1. The molecular formula is C15H15N5O. The normalized spacial score (nSPS) is 9.71. The van der Waals surface area contributed by atoms with E-state index in [0.29, 0.717) is 17.9 Å². The fourth-order valence-electron chi connectivity index (χ4n) is 1.75. The van der Waals surface area contributed by atoms with Gasteiger partial charge in [-0.1, -0.05) is 12.1 Å². The lowest BCUT2D eigenvalue weighted by molar-refractivity contribution is 0.0945. The summed E-state index contributed by atoms with van der Waals surface area (Å²) in [5, 5.41) is 22.4. The average Bonchev–Trinajstić information content (AvgIpc) is 2.54. The van der Waals surface area contributed by atoms with Gasteiger partial charge < -0.3 is 10.6 Å². The Balaban J connectivity index is 1.96. The lowest BCUT2D eigenvalue weighted by atomic mass is 10.1. The molecule has 0 radical (unpaired) electrons. The highest BCUT2D eigenvalue weighted by atomic mass is 16.1. The highest BCUT2D eigenvalue weighted by Crippen LogP contribution is 2.05. The van der Waals surface area contributed by atoms with E-state index in [2.05, 4.69) is 26.9 Å². The van der Waals surface area contributed by atoms with Crippen LogP contribution in [0.4, 0.5) is 5.82 Å². The van der Waals surface area contributed by atoms with Crippen molar-refractivity contribution >= 4 is 11.7 Å². The van der Waals surface area contributed by atoms with E-state index in [9.17, 15) is 4.79 Å². The number of nitrogens with zero attached hydrogens (tertiary/aromatic N) is 3. The van der Waals surface area contributed by atoms with E-state index in [1.54, 1.807) is 30.3 Å². The first kappa shape index (κ1) is 14.5. The van der Waals surface area contributed by atoms with E-state index in [1.165, 1.54) is 0 Å². The molecule has 1 amide bonds. The summed E-state index contributed by atoms with van der Waals surface area (Å²) in [6, 6.07) is 12.5. The highest BCUT2D eigenvalue weighted by Gasteiger charge is 2.07. The molecule has 0 saturated heterocycles. The zero-order valence-electron chi connectivity index (χ0n) is 11.6. The molecule has 0 aliphatic carbocycles. The number of anilines is 1. The number of amides is 1. The summed E-state index contributed by atoms with van der Waals surface area (Å²) < 4.78 is 0. The van der Waals surface area contributed by atoms with Crippen molar-refractivity contribution in [3.05, 3.63) is 53.2 Å². The first-order valence-corrected chi connectivity index (χ1v) is 6.57. The molecular weight excluding hydrogens is 266 g/mol. The van der Waals surface area contributed by atoms with E-state index >= 15 is 0 Å². The first-order valence-electron chi connectivity index (χ1n) is 6.57. The lowest BCUT2D eigenvalue weighted by Crippen LogP contribution is -2.24. The summed E-state index contributed by atoms with van der Waals surface area (Å²) in [4.78, 5) is 11.9. The van der Waals surface area contributed by atoms with Gasteiger partial charge in [-0.2, -0.15) is 5.26 Å². The Labute approximate surface area is 122 Å². The summed E-state index contributed by atoms with van der Waals surface area (Å²) in [5.74, 6) is 0.337. The molecule has 6 nitrogen and oxygen atoms in total. The second-order valence-electron chi connectivity index (χ2n) is 4.33. The Morgan fingerprint density at radius 1 is 1.29 bits per heavy atom. The van der Waals surface area contributed by atoms with Gasteiger partial charge in [0.1, 0.15) is 5.82 Å². The van der Waals surface area contributed by atoms with Gasteiger partial charge in [-0.05, 0) is 36.8 Å². The molecule has 6 heteroatoms. The van der Waals surface area contributed by atoms with E-state index in [4.69, 9.17) is 5.26 Å². The second-order valence-corrected chi connectivity index (χ2v) is 4.33. The monoisotopic (exact) mass is 281 g/mol. The quantitative estimate of drug-likeness (QED) is 0.870. The minimum absolute atomic E-state index is 0.257. The molecule has 0 unspecified atom stereocenters. The first-order chi connectivity index (χ1) is 10.2. The van der Waals surface area contributed by atoms with Gasteiger partial charge in [0.2, 0.25) is 0 Å². The number of aromatic nitrogens is 2. The molecule has 21 heavy (non-hydrogen) atoms. The average molecular weight is 281 g/mol. The van der Waals surface area contributed by atoms with E-state index in [-0.39, 0.29) is 11.6 Å². The number of nitrogens with one attached hydrogen (secondary N) is 2. The zero-order valence-corrected chi connectivity index (χ0v) is 11.6. The summed E-state index contributed by atoms with van der Waals surface area (Å²) >= 11 is 0. The maximum atomic E-state index is 11.9. The molecule has 106 valence electrons. The van der Waals surface area contributed by atoms with Crippen molar-refractivity contribution in [1.82, 2.24) is 15.5 Å². The largest absolute Gasteiger partial charge is 0.369 e. The van der Waals surface area contributed by atoms with Crippen molar-refractivity contribution in [1.29, 1.82) is 5.26 Å². The van der Waals surface area contributed by atoms with Crippen LogP contribution in [0, 0.1) is 11.3 Å². The van der Waals surface area contributed by atoms with Gasteiger partial charge in [0, 0.05) is 13.1 Å². The van der Waals surface area contributed by atoms with Crippen LogP contribution in [-0.2, 0) is 6.54 Å². The van der Waals surface area contributed by atoms with Crippen LogP contribution in [0.1, 0.15) is 28.5 Å². The van der Waals surface area contributed by atoms with Crippen LogP contribution < -0.4 is 10.6 Å². The molecule has 1 aromatic heterocycles. The number of carbonyl (C=O) groups excluding carboxylic acids is 1. The number of nitriles is 1. The van der Waals surface area contributed by atoms with Crippen LogP contribution >= 0.6 is 0 Å². The van der Waals surface area contributed by atoms with Crippen LogP contribution in [0.5, 0.6) is 0 Å². The van der Waals surface area contributed by atoms with E-state index in [1.807, 2.05) is 13.0 Å². The standard InChI is InChI=1S/C15H15N5O/c1-2-17-14-7-6-13(19-20-14)15(21)18-10-12-5-3-4-11(8-12)9-16/h3-8H,2,10H2,1H3,(H,17,20)(H,18,21). The number of benzene rings is 1. The van der Waals surface area contributed by atoms with Crippen LogP contribution in [0.25, 0.3) is 0 Å². The third-order valence-corrected chi connectivity index (χ3v) is 2.76. The molecule has 0 atom stereocenters. The van der Waals surface area contributed by atoms with Crippen molar-refractivity contribution < 1.29 is 4.79 Å². The van der Waals surface area contributed by atoms with E-state index in [0.717, 1.165) is 12.1 Å². The molecule has 0 bridgehead atoms. The minimum atomic E-state index is -0.298. The Morgan fingerprint density at radius 3 is 2.81 bits per heavy atom. The second kappa shape index (κ2) is 7.01. The Morgan fingerprint density at radius 2 is 2.14 bits per heavy atom. The Bertz CT molecular complexity index is 661. The summed E-state index contributed by atoms with van der Waals surface area (Å²) in [6.45, 7) is 3.04. The van der Waals surface area contributed by atoms with Gasteiger partial charge >= 0.3 is 0 Å². The van der Waals surface area contributed by atoms with Crippen molar-refractivity contribution in [2.75, 3.05) is 11.9 Å². The zero-order chi connectivity index (χ0) is 15.1. The van der Waals surface area contributed by atoms with Gasteiger partial charge in [0.15, 0.2) is 5.69 Å². The van der Waals surface area contributed by atoms with Gasteiger partial charge in [0.05, 0.1) is 11.6 Å². The van der Waals surface area contributed by atoms with E-state index < -0.39 is 0 Å². The fourth-order valence-corrected chi connectivity index (χ4v) is 1.75. The minimum Gasteiger partial charge on any atom is -0.369 e. The molecule has 0 fully saturated rings. The number of hydrogen-bond acceptors (Lipinski definition) is 5. The lowest BCUT2D eigenvalue weighted by Gasteiger charge is -2.05. The smallest absolute Gasteiger partial charge is 0.272 e. The Hall–Kier alpha value is -2.94. The van der Waals surface area contributed by atoms with Crippen molar-refractivity contribution in [2.45, 2.75) is 13.5 Å². The number of rotatable bonds is 5. The molecule has 0 aliphatic heterocycles. The fraction of sp³-hybridized carbons (Fsp3) is 0.200. The molecule has 0 saturated carbocycles. The molecule has 1 heterocycles. The predicted octanol–water partition coefficient (Wildman–Crippen LogP) is 1.71. The highest BCUT2D eigenvalue weighted by molar-refractivity contribution is 5.92. The number of hydrogen-bond donors (Lipinski definition) is 2. The predicted molar refractivity (Wildman–Crippen MR) is 78.5 cm³/mol. The maximum Gasteiger partial charge on any atom is 0.272 e. The van der Waals surface area contributed by atoms with Crippen LogP contribution in [0.3, 0.4) is 0 Å². The molecule has 0 aliphatic rings. The van der Waals surface area contributed by atoms with Crippen LogP contribution in [0.2, 0.25) is 0 Å². The number of carbonyl (C=O) groups is 1. The topological polar surface area (TPSA) is 90.7 Å². The third kappa shape index (κ3) is 4.01. The Kier molecular flexibility index (Phi) is 4.83. The van der Waals surface area contributed by atoms with Gasteiger partial charge in [-0.15, -0.1) is 10.2 Å². The summed E-state index contributed by atoms with van der Waals surface area (Å²) in [6.07, 6.45) is 0. The van der Waals surface area contributed by atoms with Crippen molar-refractivity contribution in [3.8, 4) is 6.07 Å². The molecule has 0 spiro atoms. The molecule has 1 aromatic carbocycles. The van der Waals surface area contributed by atoms with Gasteiger partial charge in [-0.3, -0.25) is 4.79 Å². The van der Waals surface area contributed by atoms with Crippen molar-refractivity contribution in [3.63, 3.8) is 0 Å². The van der Waals surface area contributed by atoms with Gasteiger partial charge in [0.25, 0.3) is 5.91 Å². The molecule has 2 rings (SSSR count). The van der Waals surface area contributed by atoms with Crippen LogP contribution in [0.15, 0.2) is 36.4 Å². The molecule has 2 N–H and O–H groups in total. The van der Waals surface area contributed by atoms with Crippen molar-refractivity contribution in [2.24, 2.45) is 0 Å². The summed E-state index contributed by atoms with van der Waals surface area (Å²) in [5.41, 5.74) is 1.68. The van der Waals surface area contributed by atoms with Gasteiger partial charge in [-0.25, -0.2) is 0 Å². The molecule has 2 aromatic rings. The summed E-state index contributed by atoms with van der Waals surface area (Å²) in [7, 11) is 0.